The quantitative estimate of drug-likeness (QED) is 0.822. The van der Waals surface area contributed by atoms with E-state index in [1.54, 1.807) is 0 Å². The third kappa shape index (κ3) is 3.13. The summed E-state index contributed by atoms with van der Waals surface area (Å²) in [6.07, 6.45) is 8.00. The first-order chi connectivity index (χ1) is 12.1. The van der Waals surface area contributed by atoms with E-state index in [2.05, 4.69) is 24.5 Å². The molecule has 3 aliphatic rings. The van der Waals surface area contributed by atoms with E-state index in [0.717, 1.165) is 24.1 Å². The molecule has 1 spiro atoms. The van der Waals surface area contributed by atoms with Gasteiger partial charge < -0.3 is 18.9 Å². The van der Waals surface area contributed by atoms with Gasteiger partial charge in [0.2, 0.25) is 0 Å². The van der Waals surface area contributed by atoms with Crippen LogP contribution in [0.2, 0.25) is 0 Å². The number of rotatable bonds is 2. The molecule has 0 radical (unpaired) electrons. The van der Waals surface area contributed by atoms with Crippen LogP contribution in [-0.2, 0) is 9.47 Å². The van der Waals surface area contributed by atoms with Crippen molar-refractivity contribution >= 4 is 5.91 Å². The molecule has 2 saturated heterocycles. The molecule has 1 saturated carbocycles. The molecule has 0 N–H and O–H groups in total. The Bertz CT molecular complexity index is 630. The zero-order chi connectivity index (χ0) is 17.4. The van der Waals surface area contributed by atoms with Gasteiger partial charge in [0.25, 0.3) is 5.91 Å². The highest BCUT2D eigenvalue weighted by atomic mass is 16.7. The molecule has 1 aromatic rings. The summed E-state index contributed by atoms with van der Waals surface area (Å²) >= 11 is 0. The van der Waals surface area contributed by atoms with Crippen molar-refractivity contribution in [2.45, 2.75) is 70.6 Å². The van der Waals surface area contributed by atoms with Crippen LogP contribution in [0, 0.1) is 13.8 Å². The van der Waals surface area contributed by atoms with Crippen molar-refractivity contribution in [3.05, 3.63) is 23.0 Å². The van der Waals surface area contributed by atoms with Crippen molar-refractivity contribution < 1.29 is 14.3 Å². The molecule has 5 heteroatoms. The van der Waals surface area contributed by atoms with Gasteiger partial charge >= 0.3 is 0 Å². The summed E-state index contributed by atoms with van der Waals surface area (Å²) < 4.78 is 14.0. The van der Waals surface area contributed by atoms with Crippen molar-refractivity contribution in [1.29, 1.82) is 0 Å². The summed E-state index contributed by atoms with van der Waals surface area (Å²) in [6.45, 7) is 7.04. The van der Waals surface area contributed by atoms with E-state index in [0.29, 0.717) is 32.3 Å². The molecule has 1 amide bonds. The molecule has 3 fully saturated rings. The van der Waals surface area contributed by atoms with Crippen molar-refractivity contribution in [1.82, 2.24) is 9.47 Å². The standard InChI is InChI=1S/C20H30N2O3/c1-15-14-18(16(2)22(15)17-6-4-3-5-7-17)19(23)21-10-8-20(9-11-21)24-12-13-25-20/h14,17H,3-13H2,1-2H3. The molecule has 0 unspecified atom stereocenters. The molecule has 4 rings (SSSR count). The fourth-order valence-corrected chi connectivity index (χ4v) is 4.90. The Labute approximate surface area is 150 Å². The molecule has 138 valence electrons. The third-order valence-corrected chi connectivity index (χ3v) is 6.28. The Morgan fingerprint density at radius 1 is 1.08 bits per heavy atom. The highest BCUT2D eigenvalue weighted by molar-refractivity contribution is 5.95. The van der Waals surface area contributed by atoms with Crippen LogP contribution in [0.4, 0.5) is 0 Å². The zero-order valence-corrected chi connectivity index (χ0v) is 15.6. The smallest absolute Gasteiger partial charge is 0.255 e. The average molecular weight is 346 g/mol. The minimum atomic E-state index is -0.421. The third-order valence-electron chi connectivity index (χ3n) is 6.28. The van der Waals surface area contributed by atoms with Gasteiger partial charge in [0.05, 0.1) is 18.8 Å². The molecule has 0 aromatic carbocycles. The lowest BCUT2D eigenvalue weighted by atomic mass is 9.95. The molecule has 1 aromatic heterocycles. The van der Waals surface area contributed by atoms with Gasteiger partial charge in [0, 0.05) is 43.4 Å². The summed E-state index contributed by atoms with van der Waals surface area (Å²) in [5.41, 5.74) is 3.25. The maximum Gasteiger partial charge on any atom is 0.255 e. The number of hydrogen-bond donors (Lipinski definition) is 0. The van der Waals surface area contributed by atoms with Crippen LogP contribution in [0.1, 0.15) is 72.7 Å². The predicted molar refractivity (Wildman–Crippen MR) is 95.8 cm³/mol. The van der Waals surface area contributed by atoms with Crippen LogP contribution in [-0.4, -0.2) is 47.5 Å². The van der Waals surface area contributed by atoms with Crippen molar-refractivity contribution in [2.75, 3.05) is 26.3 Å². The highest BCUT2D eigenvalue weighted by Crippen LogP contribution is 2.34. The topological polar surface area (TPSA) is 43.7 Å². The Morgan fingerprint density at radius 2 is 1.72 bits per heavy atom. The molecule has 0 atom stereocenters. The lowest BCUT2D eigenvalue weighted by molar-refractivity contribution is -0.181. The number of likely N-dealkylation sites (tertiary alicyclic amines) is 1. The first kappa shape index (κ1) is 17.1. The van der Waals surface area contributed by atoms with E-state index in [-0.39, 0.29) is 5.91 Å². The molecular weight excluding hydrogens is 316 g/mol. The average Bonchev–Trinajstić information content (AvgIpc) is 3.20. The number of hydrogen-bond acceptors (Lipinski definition) is 3. The maximum absolute atomic E-state index is 13.1. The van der Waals surface area contributed by atoms with Gasteiger partial charge in [-0.1, -0.05) is 19.3 Å². The number of carbonyl (C=O) groups is 1. The Morgan fingerprint density at radius 3 is 2.36 bits per heavy atom. The number of aryl methyl sites for hydroxylation is 1. The normalized spacial score (nSPS) is 24.2. The molecule has 3 heterocycles. The number of amides is 1. The summed E-state index contributed by atoms with van der Waals surface area (Å²) in [6, 6.07) is 2.67. The van der Waals surface area contributed by atoms with Crippen LogP contribution in [0.3, 0.4) is 0 Å². The maximum atomic E-state index is 13.1. The van der Waals surface area contributed by atoms with Gasteiger partial charge in [-0.3, -0.25) is 4.79 Å². The Balaban J connectivity index is 1.49. The number of piperidine rings is 1. The number of nitrogens with zero attached hydrogens (tertiary/aromatic N) is 2. The van der Waals surface area contributed by atoms with Crippen molar-refractivity contribution in [3.63, 3.8) is 0 Å². The zero-order valence-electron chi connectivity index (χ0n) is 15.6. The largest absolute Gasteiger partial charge is 0.347 e. The second-order valence-corrected chi connectivity index (χ2v) is 7.85. The van der Waals surface area contributed by atoms with Crippen LogP contribution in [0.5, 0.6) is 0 Å². The Kier molecular flexibility index (Phi) is 4.63. The van der Waals surface area contributed by atoms with Crippen LogP contribution in [0.25, 0.3) is 0 Å². The lowest BCUT2D eigenvalue weighted by Crippen LogP contribution is -2.47. The SMILES string of the molecule is Cc1cc(C(=O)N2CCC3(CC2)OCCO3)c(C)n1C1CCCCC1. The first-order valence-electron chi connectivity index (χ1n) is 9.85. The fraction of sp³-hybridized carbons (Fsp3) is 0.750. The lowest BCUT2D eigenvalue weighted by Gasteiger charge is -2.37. The van der Waals surface area contributed by atoms with Crippen molar-refractivity contribution in [2.24, 2.45) is 0 Å². The van der Waals surface area contributed by atoms with Gasteiger partial charge in [-0.2, -0.15) is 0 Å². The summed E-state index contributed by atoms with van der Waals surface area (Å²) in [5.74, 6) is -0.251. The molecule has 0 bridgehead atoms. The summed E-state index contributed by atoms with van der Waals surface area (Å²) in [5, 5.41) is 0. The Hall–Kier alpha value is -1.33. The minimum Gasteiger partial charge on any atom is -0.347 e. The molecule has 1 aliphatic carbocycles. The van der Waals surface area contributed by atoms with E-state index in [9.17, 15) is 4.79 Å². The van der Waals surface area contributed by atoms with E-state index in [1.165, 1.54) is 37.8 Å². The van der Waals surface area contributed by atoms with Gasteiger partial charge in [0.15, 0.2) is 5.79 Å². The van der Waals surface area contributed by atoms with E-state index in [1.807, 2.05) is 4.90 Å². The predicted octanol–water partition coefficient (Wildman–Crippen LogP) is 3.59. The number of ether oxygens (including phenoxy) is 2. The summed E-state index contributed by atoms with van der Waals surface area (Å²) in [7, 11) is 0. The van der Waals surface area contributed by atoms with E-state index in [4.69, 9.17) is 9.47 Å². The second-order valence-electron chi connectivity index (χ2n) is 7.85. The monoisotopic (exact) mass is 346 g/mol. The van der Waals surface area contributed by atoms with Crippen LogP contribution >= 0.6 is 0 Å². The highest BCUT2D eigenvalue weighted by Gasteiger charge is 2.41. The van der Waals surface area contributed by atoms with E-state index < -0.39 is 5.79 Å². The molecule has 5 nitrogen and oxygen atoms in total. The van der Waals surface area contributed by atoms with Crippen molar-refractivity contribution in [3.8, 4) is 0 Å². The van der Waals surface area contributed by atoms with Gasteiger partial charge in [-0.25, -0.2) is 0 Å². The second kappa shape index (κ2) is 6.76. The van der Waals surface area contributed by atoms with Crippen LogP contribution in [0.15, 0.2) is 6.07 Å². The minimum absolute atomic E-state index is 0.169. The summed E-state index contributed by atoms with van der Waals surface area (Å²) in [4.78, 5) is 15.1. The van der Waals surface area contributed by atoms with E-state index >= 15 is 0 Å². The number of aromatic nitrogens is 1. The molecule has 25 heavy (non-hydrogen) atoms. The van der Waals surface area contributed by atoms with Gasteiger partial charge in [-0.15, -0.1) is 0 Å². The first-order valence-corrected chi connectivity index (χ1v) is 9.85. The number of carbonyl (C=O) groups excluding carboxylic acids is 1. The molecular formula is C20H30N2O3. The fourth-order valence-electron chi connectivity index (χ4n) is 4.90. The molecule has 2 aliphatic heterocycles. The van der Waals surface area contributed by atoms with Gasteiger partial charge in [0.1, 0.15) is 0 Å². The van der Waals surface area contributed by atoms with Gasteiger partial charge in [-0.05, 0) is 32.8 Å². The van der Waals surface area contributed by atoms with Crippen LogP contribution < -0.4 is 0 Å².